The average Bonchev–Trinajstić information content (AvgIpc) is 3.69. The van der Waals surface area contributed by atoms with Crippen LogP contribution in [0.3, 0.4) is 0 Å². The maximum Gasteiger partial charge on any atom is 0.254 e. The predicted octanol–water partition coefficient (Wildman–Crippen LogP) is 3.38. The Labute approximate surface area is 246 Å². The molecule has 1 aliphatic heterocycles. The number of rotatable bonds is 14. The fraction of sp³-hybridized carbons (Fsp3) is 0.375. The van der Waals surface area contributed by atoms with Crippen LogP contribution in [-0.4, -0.2) is 79.7 Å². The summed E-state index contributed by atoms with van der Waals surface area (Å²) in [7, 11) is 3.53. The third kappa shape index (κ3) is 7.06. The Bertz CT molecular complexity index is 1490. The Kier molecular flexibility index (Phi) is 10.5. The molecular formula is C32H40N6O4. The molecule has 4 rings (SSSR count). The summed E-state index contributed by atoms with van der Waals surface area (Å²) in [5.74, 6) is 0.992. The summed E-state index contributed by atoms with van der Waals surface area (Å²) in [6.07, 6.45) is 7.37. The normalized spacial score (nSPS) is 15.5. The molecule has 3 aromatic rings. The van der Waals surface area contributed by atoms with E-state index in [0.717, 1.165) is 31.4 Å². The van der Waals surface area contributed by atoms with E-state index in [0.29, 0.717) is 60.5 Å². The monoisotopic (exact) mass is 572 g/mol. The molecule has 4 N–H and O–H groups in total. The Balaban J connectivity index is 1.54. The number of nitrogens with zero attached hydrogens (tertiary/aromatic N) is 2. The minimum atomic E-state index is -0.235. The van der Waals surface area contributed by atoms with Crippen molar-refractivity contribution in [1.29, 1.82) is 0 Å². The zero-order valence-electron chi connectivity index (χ0n) is 24.8. The number of H-pyrrole nitrogens is 1. The quantitative estimate of drug-likeness (QED) is 0.100. The van der Waals surface area contributed by atoms with Gasteiger partial charge in [0, 0.05) is 44.5 Å². The first kappa shape index (κ1) is 30.5. The molecule has 0 bridgehead atoms. The molecule has 0 saturated carbocycles. The number of fused-ring (bicyclic) bond motifs is 1. The van der Waals surface area contributed by atoms with Crippen LogP contribution in [0, 0.1) is 6.92 Å². The van der Waals surface area contributed by atoms with Gasteiger partial charge in [0.1, 0.15) is 11.6 Å². The fourth-order valence-corrected chi connectivity index (χ4v) is 5.07. The van der Waals surface area contributed by atoms with Crippen molar-refractivity contribution in [3.63, 3.8) is 0 Å². The van der Waals surface area contributed by atoms with Gasteiger partial charge in [-0.2, -0.15) is 0 Å². The molecule has 222 valence electrons. The second-order valence-electron chi connectivity index (χ2n) is 10.4. The number of allylic oxidation sites excluding steroid dienone is 2. The Morgan fingerprint density at radius 1 is 1.24 bits per heavy atom. The van der Waals surface area contributed by atoms with E-state index in [-0.39, 0.29) is 23.1 Å². The molecule has 1 atom stereocenters. The van der Waals surface area contributed by atoms with Crippen molar-refractivity contribution in [2.45, 2.75) is 39.2 Å². The first-order valence-corrected chi connectivity index (χ1v) is 14.4. The summed E-state index contributed by atoms with van der Waals surface area (Å²) in [6.45, 7) is 6.82. The number of hydrogen-bond donors (Lipinski definition) is 4. The van der Waals surface area contributed by atoms with E-state index in [9.17, 15) is 14.4 Å². The third-order valence-electron chi connectivity index (χ3n) is 7.48. The molecule has 1 saturated heterocycles. The number of ether oxygens (including phenoxy) is 1. The lowest BCUT2D eigenvalue weighted by atomic mass is 10.0. The number of likely N-dealkylation sites (N-methyl/N-ethyl adjacent to an activating group) is 1. The number of carbonyl (C=O) groups is 3. The highest BCUT2D eigenvalue weighted by molar-refractivity contribution is 6.09. The number of hydrogen-bond acceptors (Lipinski definition) is 8. The summed E-state index contributed by atoms with van der Waals surface area (Å²) in [4.78, 5) is 47.0. The van der Waals surface area contributed by atoms with Crippen LogP contribution in [0.4, 0.5) is 0 Å². The second-order valence-corrected chi connectivity index (χ2v) is 10.4. The van der Waals surface area contributed by atoms with Gasteiger partial charge in [-0.25, -0.2) is 4.98 Å². The molecule has 0 aliphatic carbocycles. The maximum absolute atomic E-state index is 13.3. The average molecular weight is 573 g/mol. The van der Waals surface area contributed by atoms with Crippen molar-refractivity contribution >= 4 is 35.1 Å². The first-order chi connectivity index (χ1) is 20.4. The van der Waals surface area contributed by atoms with Gasteiger partial charge in [0.2, 0.25) is 0 Å². The molecule has 0 spiro atoms. The Morgan fingerprint density at radius 3 is 2.76 bits per heavy atom. The van der Waals surface area contributed by atoms with Crippen LogP contribution >= 0.6 is 0 Å². The highest BCUT2D eigenvalue weighted by Crippen LogP contribution is 2.24. The molecule has 10 heteroatoms. The van der Waals surface area contributed by atoms with E-state index in [2.05, 4.69) is 45.8 Å². The third-order valence-corrected chi connectivity index (χ3v) is 7.48. The molecule has 2 heterocycles. The van der Waals surface area contributed by atoms with Crippen LogP contribution in [0.15, 0.2) is 48.3 Å². The topological polar surface area (TPSA) is 128 Å². The summed E-state index contributed by atoms with van der Waals surface area (Å²) < 4.78 is 6.02. The summed E-state index contributed by atoms with van der Waals surface area (Å²) in [5, 5.41) is 9.54. The van der Waals surface area contributed by atoms with E-state index in [4.69, 9.17) is 4.74 Å². The lowest BCUT2D eigenvalue weighted by molar-refractivity contribution is -0.103. The molecular weight excluding hydrogens is 532 g/mol. The Hall–Kier alpha value is -4.44. The number of amides is 1. The fourth-order valence-electron chi connectivity index (χ4n) is 5.07. The summed E-state index contributed by atoms with van der Waals surface area (Å²) >= 11 is 0. The first-order valence-electron chi connectivity index (χ1n) is 14.4. The summed E-state index contributed by atoms with van der Waals surface area (Å²) in [6, 6.07) is 9.49. The standard InChI is InChI=1S/C32H40N6O4/c1-5-22-15-21(2)7-8-30(22)42-14-6-11-35-27(10-12-33-3)26(20-40)31-36-28-16-23(19-39)25(17-29(28)37-31)32(41)38(4)24-9-13-34-18-24/h7-8,10,12,15-17,19-20,24,33-35H,5-6,9,11,13-14,18H2,1-4H3,(H,36,37)/b12-10-,27-26-. The van der Waals surface area contributed by atoms with Crippen molar-refractivity contribution in [1.82, 2.24) is 30.8 Å². The molecule has 2 aromatic carbocycles. The molecule has 1 fully saturated rings. The lowest BCUT2D eigenvalue weighted by Gasteiger charge is -2.24. The number of nitrogens with one attached hydrogen (secondary N) is 4. The van der Waals surface area contributed by atoms with Crippen molar-refractivity contribution in [3.05, 3.63) is 76.4 Å². The van der Waals surface area contributed by atoms with Gasteiger partial charge >= 0.3 is 0 Å². The SMILES string of the molecule is CCc1cc(C)ccc1OCCCNC(/C=C\NC)=C(/C=O)c1nc2cc(C(=O)N(C)C3CCNC3)c(C=O)cc2[nH]1. The largest absolute Gasteiger partial charge is 0.493 e. The molecule has 1 aliphatic rings. The number of aromatic amines is 1. The van der Waals surface area contributed by atoms with E-state index in [1.54, 1.807) is 43.4 Å². The molecule has 0 radical (unpaired) electrons. The number of aldehydes is 2. The van der Waals surface area contributed by atoms with Crippen LogP contribution in [0.25, 0.3) is 16.6 Å². The highest BCUT2D eigenvalue weighted by Gasteiger charge is 2.26. The van der Waals surface area contributed by atoms with Crippen molar-refractivity contribution in [3.8, 4) is 5.75 Å². The molecule has 1 amide bonds. The van der Waals surface area contributed by atoms with Crippen LogP contribution in [0.1, 0.15) is 57.4 Å². The summed E-state index contributed by atoms with van der Waals surface area (Å²) in [5.41, 5.74) is 4.88. The number of carbonyl (C=O) groups excluding carboxylic acids is 3. The zero-order chi connectivity index (χ0) is 30.1. The van der Waals surface area contributed by atoms with Gasteiger partial charge in [-0.05, 0) is 68.8 Å². The molecule has 10 nitrogen and oxygen atoms in total. The maximum atomic E-state index is 13.3. The lowest BCUT2D eigenvalue weighted by Crippen LogP contribution is -2.38. The minimum Gasteiger partial charge on any atom is -0.493 e. The minimum absolute atomic E-state index is 0.0654. The zero-order valence-corrected chi connectivity index (χ0v) is 24.8. The van der Waals surface area contributed by atoms with Gasteiger partial charge < -0.3 is 30.6 Å². The molecule has 1 aromatic heterocycles. The van der Waals surface area contributed by atoms with E-state index in [1.165, 1.54) is 11.1 Å². The number of aromatic nitrogens is 2. The number of aryl methyl sites for hydroxylation is 2. The number of benzene rings is 2. The smallest absolute Gasteiger partial charge is 0.254 e. The molecule has 42 heavy (non-hydrogen) atoms. The van der Waals surface area contributed by atoms with Gasteiger partial charge in [-0.1, -0.05) is 24.6 Å². The van der Waals surface area contributed by atoms with Crippen molar-refractivity contribution in [2.24, 2.45) is 0 Å². The van der Waals surface area contributed by atoms with E-state index in [1.807, 2.05) is 12.1 Å². The van der Waals surface area contributed by atoms with Crippen LogP contribution < -0.4 is 20.7 Å². The van der Waals surface area contributed by atoms with Gasteiger partial charge in [0.25, 0.3) is 5.91 Å². The van der Waals surface area contributed by atoms with Crippen LogP contribution in [0.5, 0.6) is 5.75 Å². The second kappa shape index (κ2) is 14.5. The predicted molar refractivity (Wildman–Crippen MR) is 165 cm³/mol. The van der Waals surface area contributed by atoms with E-state index >= 15 is 0 Å². The van der Waals surface area contributed by atoms with Gasteiger partial charge in [0.15, 0.2) is 12.6 Å². The molecule has 1 unspecified atom stereocenters. The van der Waals surface area contributed by atoms with Crippen molar-refractivity contribution < 1.29 is 19.1 Å². The van der Waals surface area contributed by atoms with Gasteiger partial charge in [0.05, 0.1) is 28.8 Å². The van der Waals surface area contributed by atoms with E-state index < -0.39 is 0 Å². The van der Waals surface area contributed by atoms with Gasteiger partial charge in [-0.15, -0.1) is 0 Å². The van der Waals surface area contributed by atoms with Crippen LogP contribution in [-0.2, 0) is 11.2 Å². The highest BCUT2D eigenvalue weighted by atomic mass is 16.5. The van der Waals surface area contributed by atoms with Gasteiger partial charge in [-0.3, -0.25) is 14.4 Å². The number of imidazole rings is 1. The van der Waals surface area contributed by atoms with Crippen molar-refractivity contribution in [2.75, 3.05) is 40.3 Å². The van der Waals surface area contributed by atoms with Crippen LogP contribution in [0.2, 0.25) is 0 Å². The Morgan fingerprint density at radius 2 is 2.07 bits per heavy atom.